The third-order valence-corrected chi connectivity index (χ3v) is 0.576. The van der Waals surface area contributed by atoms with Gasteiger partial charge in [-0.1, -0.05) is 0 Å². The summed E-state index contributed by atoms with van der Waals surface area (Å²) in [7, 11) is 0. The van der Waals surface area contributed by atoms with Gasteiger partial charge >= 0.3 is 0 Å². The third-order valence-electron chi connectivity index (χ3n) is 0.576. The van der Waals surface area contributed by atoms with Crippen molar-refractivity contribution in [1.29, 1.82) is 0 Å². The van der Waals surface area contributed by atoms with Crippen molar-refractivity contribution < 1.29 is 6.25 Å². The summed E-state index contributed by atoms with van der Waals surface area (Å²) >= 11 is 0. The van der Waals surface area contributed by atoms with Gasteiger partial charge in [-0.3, -0.25) is 0 Å². The van der Waals surface area contributed by atoms with E-state index in [9.17, 15) is 0 Å². The Morgan fingerprint density at radius 1 is 2.00 bits per heavy atom. The zero-order valence-corrected chi connectivity index (χ0v) is 2.98. The van der Waals surface area contributed by atoms with E-state index in [4.69, 9.17) is 1.41 Å². The van der Waals surface area contributed by atoms with Crippen molar-refractivity contribution in [3.05, 3.63) is 0 Å². The van der Waals surface area contributed by atoms with Crippen LogP contribution in [0.5, 0.6) is 0 Å². The molecule has 0 amide bonds. The number of rotatable bonds is 0. The first-order valence-electron chi connectivity index (χ1n) is 2.23. The lowest BCUT2D eigenvalue weighted by molar-refractivity contribution is 0.103. The van der Waals surface area contributed by atoms with Crippen LogP contribution in [0.15, 0.2) is 0 Å². The molecule has 1 heterocycles. The standard InChI is InChI=1S/C3H7NO/c1-2-4-5-3-1/h4H,1-3H2/i/hD. The lowest BCUT2D eigenvalue weighted by Crippen LogP contribution is -2.01. The van der Waals surface area contributed by atoms with Crippen molar-refractivity contribution in [2.45, 2.75) is 6.42 Å². The Balaban J connectivity index is 2.18. The second kappa shape index (κ2) is 1.38. The molecule has 0 spiro atoms. The maximum Gasteiger partial charge on any atom is 0.155 e. The summed E-state index contributed by atoms with van der Waals surface area (Å²) < 4.78 is 6.74. The van der Waals surface area contributed by atoms with Crippen molar-refractivity contribution in [2.75, 3.05) is 13.2 Å². The summed E-state index contributed by atoms with van der Waals surface area (Å²) in [4.78, 5) is 4.65. The Hall–Kier alpha value is -0.0800. The van der Waals surface area contributed by atoms with E-state index in [0.717, 1.165) is 25.0 Å². The molecule has 0 aromatic rings. The quantitative estimate of drug-likeness (QED) is 0.433. The van der Waals surface area contributed by atoms with Gasteiger partial charge in [0.05, 0.1) is 6.61 Å². The lowest BCUT2D eigenvalue weighted by atomic mass is 10.5. The Bertz CT molecular complexity index is 44.1. The monoisotopic (exact) mass is 74.1 g/mol. The summed E-state index contributed by atoms with van der Waals surface area (Å²) in [5.41, 5.74) is 1.11. The van der Waals surface area contributed by atoms with Crippen LogP contribution in [0.1, 0.15) is 6.42 Å². The summed E-state index contributed by atoms with van der Waals surface area (Å²) in [5.74, 6) is 0. The van der Waals surface area contributed by atoms with Crippen LogP contribution in [0.25, 0.3) is 0 Å². The van der Waals surface area contributed by atoms with Gasteiger partial charge in [0, 0.05) is 6.54 Å². The largest absolute Gasteiger partial charge is 0.302 e. The molecule has 2 nitrogen and oxygen atoms in total. The highest BCUT2D eigenvalue weighted by Gasteiger charge is 1.93. The Labute approximate surface area is 32.5 Å². The minimum atomic E-state index is 0.726. The van der Waals surface area contributed by atoms with Gasteiger partial charge in [-0.15, -0.1) is 0 Å². The molecule has 1 aliphatic heterocycles. The summed E-state index contributed by atoms with van der Waals surface area (Å²) in [5, 5.41) is 0. The van der Waals surface area contributed by atoms with Crippen LogP contribution in [0, 0.1) is 0 Å². The van der Waals surface area contributed by atoms with Crippen molar-refractivity contribution in [2.24, 2.45) is 0 Å². The van der Waals surface area contributed by atoms with Crippen LogP contribution < -0.4 is 5.47 Å². The van der Waals surface area contributed by atoms with E-state index in [1.807, 2.05) is 0 Å². The molecule has 1 saturated heterocycles. The molecule has 0 radical (unpaired) electrons. The van der Waals surface area contributed by atoms with E-state index >= 15 is 0 Å². The molecule has 0 aromatic heterocycles. The first-order chi connectivity index (χ1) is 2.89. The predicted molar refractivity (Wildman–Crippen MR) is 18.6 cm³/mol. The first kappa shape index (κ1) is 2.16. The molecular weight excluding hydrogens is 66.0 g/mol. The fourth-order valence-electron chi connectivity index (χ4n) is 0.323. The summed E-state index contributed by atoms with van der Waals surface area (Å²) in [6, 6.07) is 0. The highest BCUT2D eigenvalue weighted by atomic mass is 16.6. The number of hydroxylamine groups is 1. The molecule has 0 bridgehead atoms. The molecule has 2 heteroatoms. The highest BCUT2D eigenvalue weighted by molar-refractivity contribution is 4.40. The van der Waals surface area contributed by atoms with Crippen molar-refractivity contribution in [1.82, 2.24) is 5.47 Å². The Morgan fingerprint density at radius 3 is 3.20 bits per heavy atom. The molecule has 0 aromatic carbocycles. The minimum absolute atomic E-state index is 0.726. The summed E-state index contributed by atoms with van der Waals surface area (Å²) in [6.07, 6.45) is 1.00. The average Bonchev–Trinajstić information content (AvgIpc) is 1.86. The van der Waals surface area contributed by atoms with E-state index in [2.05, 4.69) is 4.84 Å². The van der Waals surface area contributed by atoms with Gasteiger partial charge in [0.2, 0.25) is 0 Å². The summed E-state index contributed by atoms with van der Waals surface area (Å²) in [6.45, 7) is 1.49. The zero-order valence-electron chi connectivity index (χ0n) is 3.98. The van der Waals surface area contributed by atoms with Crippen molar-refractivity contribution >= 4 is 0 Å². The average molecular weight is 74.1 g/mol. The Kier molecular flexibility index (Phi) is 0.596. The normalized spacial score (nSPS) is 30.8. The molecular formula is C3H7NO. The van der Waals surface area contributed by atoms with Crippen LogP contribution in [0.2, 0.25) is 1.41 Å². The molecule has 30 valence electrons. The number of hydrogen-bond donors (Lipinski definition) is 1. The van der Waals surface area contributed by atoms with Gasteiger partial charge in [-0.25, -0.2) is 5.47 Å². The van der Waals surface area contributed by atoms with Crippen LogP contribution in [0.3, 0.4) is 0 Å². The maximum atomic E-state index is 6.74. The van der Waals surface area contributed by atoms with Crippen molar-refractivity contribution in [3.63, 3.8) is 0 Å². The van der Waals surface area contributed by atoms with Gasteiger partial charge in [-0.2, -0.15) is 0 Å². The molecule has 0 aliphatic carbocycles. The second-order valence-electron chi connectivity index (χ2n) is 1.04. The molecule has 5 heavy (non-hydrogen) atoms. The van der Waals surface area contributed by atoms with E-state index < -0.39 is 0 Å². The maximum absolute atomic E-state index is 6.74. The van der Waals surface area contributed by atoms with E-state index in [-0.39, 0.29) is 0 Å². The van der Waals surface area contributed by atoms with Gasteiger partial charge in [-0.05, 0) is 6.42 Å². The smallest absolute Gasteiger partial charge is 0.155 e. The molecule has 0 atom stereocenters. The molecule has 1 rings (SSSR count). The van der Waals surface area contributed by atoms with Gasteiger partial charge < -0.3 is 4.84 Å². The van der Waals surface area contributed by atoms with Gasteiger partial charge in [0.15, 0.2) is 1.41 Å². The minimum Gasteiger partial charge on any atom is -0.302 e. The molecule has 0 saturated carbocycles. The van der Waals surface area contributed by atoms with Crippen LogP contribution in [-0.2, 0) is 4.84 Å². The van der Waals surface area contributed by atoms with E-state index in [1.165, 1.54) is 0 Å². The highest BCUT2D eigenvalue weighted by Crippen LogP contribution is 1.83. The third kappa shape index (κ3) is 0.597. The second-order valence-corrected chi connectivity index (χ2v) is 1.04. The van der Waals surface area contributed by atoms with E-state index in [1.54, 1.807) is 0 Å². The van der Waals surface area contributed by atoms with Gasteiger partial charge in [0.1, 0.15) is 0 Å². The van der Waals surface area contributed by atoms with E-state index in [0.29, 0.717) is 0 Å². The SMILES string of the molecule is [2H]N1CCCO1. The topological polar surface area (TPSA) is 21.3 Å². The fourth-order valence-corrected chi connectivity index (χ4v) is 0.323. The molecule has 0 unspecified atom stereocenters. The van der Waals surface area contributed by atoms with Crippen LogP contribution in [0.4, 0.5) is 0 Å². The number of hydrogen-bond acceptors (Lipinski definition) is 2. The molecule has 1 N–H and O–H groups in total. The van der Waals surface area contributed by atoms with Gasteiger partial charge in [0.25, 0.3) is 0 Å². The molecule has 1 fully saturated rings. The first-order valence-corrected chi connectivity index (χ1v) is 1.79. The predicted octanol–water partition coefficient (Wildman–Crippen LogP) is -0.0887. The van der Waals surface area contributed by atoms with Crippen LogP contribution in [-0.4, -0.2) is 13.2 Å². The Morgan fingerprint density at radius 2 is 3.00 bits per heavy atom. The molecule has 1 aliphatic rings. The van der Waals surface area contributed by atoms with Crippen LogP contribution >= 0.6 is 0 Å². The fraction of sp³-hybridized carbons (Fsp3) is 1.00. The zero-order chi connectivity index (χ0) is 4.41. The lowest BCUT2D eigenvalue weighted by Gasteiger charge is -1.80. The van der Waals surface area contributed by atoms with Crippen molar-refractivity contribution in [3.8, 4) is 0 Å². The number of nitrogens with one attached hydrogen (secondary N) is 1.